The molecule has 2 N–H and O–H groups in total. The van der Waals surface area contributed by atoms with Gasteiger partial charge in [-0.3, -0.25) is 15.1 Å². The second kappa shape index (κ2) is 13.0. The largest absolute Gasteiger partial charge is 0.478 e. The summed E-state index contributed by atoms with van der Waals surface area (Å²) >= 11 is 7.41. The lowest BCUT2D eigenvalue weighted by Gasteiger charge is -2.27. The number of rotatable bonds is 9. The van der Waals surface area contributed by atoms with Crippen molar-refractivity contribution in [3.8, 4) is 0 Å². The average molecular weight is 553 g/mol. The second-order valence-electron chi connectivity index (χ2n) is 8.84. The van der Waals surface area contributed by atoms with Crippen LogP contribution in [-0.4, -0.2) is 46.5 Å². The number of carbonyl (C=O) groups is 2. The summed E-state index contributed by atoms with van der Waals surface area (Å²) in [6.45, 7) is 7.12. The van der Waals surface area contributed by atoms with Crippen LogP contribution in [0, 0.1) is 0 Å². The predicted octanol–water partition coefficient (Wildman–Crippen LogP) is 3.58. The molecule has 0 saturated carbocycles. The summed E-state index contributed by atoms with van der Waals surface area (Å²) in [5.41, 5.74) is 3.39. The topological polar surface area (TPSA) is 97.2 Å². The highest BCUT2D eigenvalue weighted by Gasteiger charge is 2.34. The Balaban J connectivity index is 1.62. The van der Waals surface area contributed by atoms with Crippen LogP contribution >= 0.6 is 23.4 Å². The van der Waals surface area contributed by atoms with Crippen LogP contribution < -0.4 is 15.8 Å². The smallest absolute Gasteiger partial charge is 0.354 e. The average Bonchev–Trinajstić information content (AvgIpc) is 2.91. The molecule has 2 aliphatic heterocycles. The molecule has 2 unspecified atom stereocenters. The van der Waals surface area contributed by atoms with Crippen LogP contribution in [0.3, 0.4) is 0 Å². The first-order chi connectivity index (χ1) is 18.4. The summed E-state index contributed by atoms with van der Waals surface area (Å²) < 4.78 is 10.8. The number of aliphatic imine (C=N–C) groups is 1. The summed E-state index contributed by atoms with van der Waals surface area (Å²) in [4.78, 5) is 29.6. The second-order valence-corrected chi connectivity index (χ2v) is 10.3. The van der Waals surface area contributed by atoms with Gasteiger partial charge in [0.15, 0.2) is 5.22 Å². The van der Waals surface area contributed by atoms with Gasteiger partial charge in [-0.25, -0.2) is 4.79 Å². The summed E-state index contributed by atoms with van der Waals surface area (Å²) in [6.07, 6.45) is 6.01. The van der Waals surface area contributed by atoms with E-state index in [4.69, 9.17) is 21.1 Å². The summed E-state index contributed by atoms with van der Waals surface area (Å²) in [7, 11) is 0. The van der Waals surface area contributed by atoms with E-state index in [0.29, 0.717) is 36.1 Å². The third-order valence-corrected chi connectivity index (χ3v) is 7.44. The zero-order valence-electron chi connectivity index (χ0n) is 21.0. The van der Waals surface area contributed by atoms with E-state index >= 15 is 0 Å². The molecule has 7 nitrogen and oxygen atoms in total. The number of carboxylic acids is 1. The minimum Gasteiger partial charge on any atom is -0.478 e. The van der Waals surface area contributed by atoms with Gasteiger partial charge in [0.25, 0.3) is 0 Å². The number of nitrogens with zero attached hydrogens (tertiary/aromatic N) is 1. The van der Waals surface area contributed by atoms with Gasteiger partial charge in [-0.2, -0.15) is 0 Å². The van der Waals surface area contributed by atoms with Crippen LogP contribution in [0.1, 0.15) is 30.0 Å². The molecule has 38 heavy (non-hydrogen) atoms. The fraction of sp³-hybridized carbons (Fsp3) is 0.276. The molecule has 0 amide bonds. The number of fused-ring (bicyclic) bond motifs is 1. The van der Waals surface area contributed by atoms with Crippen molar-refractivity contribution in [2.75, 3.05) is 12.4 Å². The van der Waals surface area contributed by atoms with Gasteiger partial charge in [0.05, 0.1) is 6.61 Å². The Bertz CT molecular complexity index is 1400. The first-order valence-corrected chi connectivity index (χ1v) is 13.7. The number of ether oxygens (including phenoxy) is 2. The zero-order valence-corrected chi connectivity index (χ0v) is 22.6. The molecule has 0 fully saturated rings. The van der Waals surface area contributed by atoms with Crippen molar-refractivity contribution >= 4 is 59.7 Å². The van der Waals surface area contributed by atoms with E-state index in [2.05, 4.69) is 16.9 Å². The van der Waals surface area contributed by atoms with E-state index in [1.54, 1.807) is 12.2 Å². The molecule has 0 aliphatic carbocycles. The molecule has 0 bridgehead atoms. The van der Waals surface area contributed by atoms with Crippen molar-refractivity contribution in [2.24, 2.45) is 4.99 Å². The van der Waals surface area contributed by atoms with Crippen molar-refractivity contribution < 1.29 is 24.2 Å². The Morgan fingerprint density at radius 1 is 1.32 bits per heavy atom. The van der Waals surface area contributed by atoms with Gasteiger partial charge < -0.3 is 14.6 Å². The molecular formula is C29H29ClN2O5S. The summed E-state index contributed by atoms with van der Waals surface area (Å²) in [5, 5.41) is 14.5. The maximum Gasteiger partial charge on any atom is 0.354 e. The van der Waals surface area contributed by atoms with E-state index in [1.165, 1.54) is 11.8 Å². The Kier molecular flexibility index (Phi) is 9.44. The summed E-state index contributed by atoms with van der Waals surface area (Å²) in [6, 6.07) is 12.7. The summed E-state index contributed by atoms with van der Waals surface area (Å²) in [5.74, 6) is -1.22. The third-order valence-electron chi connectivity index (χ3n) is 6.03. The Labute approximate surface area is 230 Å². The monoisotopic (exact) mass is 552 g/mol. The van der Waals surface area contributed by atoms with Gasteiger partial charge >= 0.3 is 11.9 Å². The number of thioether (sulfide) groups is 1. The highest BCUT2D eigenvalue weighted by Crippen LogP contribution is 2.28. The van der Waals surface area contributed by atoms with Crippen molar-refractivity contribution in [3.05, 3.63) is 86.5 Å². The number of benzene rings is 2. The lowest BCUT2D eigenvalue weighted by atomic mass is 10.0. The minimum absolute atomic E-state index is 0.0697. The van der Waals surface area contributed by atoms with Crippen molar-refractivity contribution in [2.45, 2.75) is 37.9 Å². The minimum atomic E-state index is -1.15. The van der Waals surface area contributed by atoms with E-state index < -0.39 is 23.4 Å². The number of aliphatic carboxylic acids is 1. The van der Waals surface area contributed by atoms with Gasteiger partial charge in [-0.15, -0.1) is 11.8 Å². The molecule has 0 spiro atoms. The number of hydrogen-bond acceptors (Lipinski definition) is 7. The SMILES string of the molecule is C=c1cc2c(c/c1=C/C=C1\CSC(C(NCc3ccccc3)C(=O)OCCC)N=C1C(=O)O)C=C(Cl)OC2. The van der Waals surface area contributed by atoms with E-state index in [1.807, 2.05) is 55.5 Å². The molecule has 198 valence electrons. The van der Waals surface area contributed by atoms with Gasteiger partial charge in [0, 0.05) is 18.4 Å². The third kappa shape index (κ3) is 6.95. The van der Waals surface area contributed by atoms with Crippen LogP contribution in [0.4, 0.5) is 0 Å². The standard InChI is InChI=1S/C29H29ClN2O5S/c1-3-11-36-29(35)26(31-15-19-7-5-4-6-8-19)27-32-25(28(33)34)21(17-38-27)10-9-20-13-22-14-24(30)37-16-23(22)12-18(20)2/h4-10,12-14,26-27,31H,2-3,11,15-17H2,1H3,(H,33,34)/b20-9-,21-10+. The van der Waals surface area contributed by atoms with Crippen molar-refractivity contribution in [1.29, 1.82) is 0 Å². The number of allylic oxidation sites excluding steroid dienone is 1. The molecule has 2 aromatic carbocycles. The lowest BCUT2D eigenvalue weighted by Crippen LogP contribution is -2.46. The van der Waals surface area contributed by atoms with Gasteiger partial charge in [0.2, 0.25) is 0 Å². The first-order valence-electron chi connectivity index (χ1n) is 12.3. The molecule has 0 aromatic heterocycles. The zero-order chi connectivity index (χ0) is 27.1. The Morgan fingerprint density at radius 2 is 2.11 bits per heavy atom. The number of halogens is 1. The van der Waals surface area contributed by atoms with Gasteiger partial charge in [-0.05, 0) is 62.9 Å². The molecule has 2 atom stereocenters. The molecule has 0 radical (unpaired) electrons. The first kappa shape index (κ1) is 27.7. The highest BCUT2D eigenvalue weighted by atomic mass is 35.5. The molecular weight excluding hydrogens is 524 g/mol. The molecule has 2 aliphatic rings. The number of carbonyl (C=O) groups excluding carboxylic acids is 1. The Morgan fingerprint density at radius 3 is 2.84 bits per heavy atom. The highest BCUT2D eigenvalue weighted by molar-refractivity contribution is 8.00. The number of carboxylic acid groups (broad SMARTS) is 1. The lowest BCUT2D eigenvalue weighted by molar-refractivity contribution is -0.146. The molecule has 0 saturated heterocycles. The van der Waals surface area contributed by atoms with Crippen LogP contribution in [0.15, 0.2) is 64.3 Å². The van der Waals surface area contributed by atoms with E-state index in [-0.39, 0.29) is 12.3 Å². The van der Waals surface area contributed by atoms with Crippen LogP contribution in [-0.2, 0) is 32.2 Å². The van der Waals surface area contributed by atoms with Crippen molar-refractivity contribution in [1.82, 2.24) is 5.32 Å². The fourth-order valence-corrected chi connectivity index (χ4v) is 5.38. The van der Waals surface area contributed by atoms with E-state index in [9.17, 15) is 14.7 Å². The van der Waals surface area contributed by atoms with E-state index in [0.717, 1.165) is 27.1 Å². The fourth-order valence-electron chi connectivity index (χ4n) is 4.04. The molecule has 9 heteroatoms. The molecule has 4 rings (SSSR count). The Hall–Kier alpha value is -3.33. The quantitative estimate of drug-likeness (QED) is 0.459. The molecule has 2 heterocycles. The van der Waals surface area contributed by atoms with Crippen LogP contribution in [0.25, 0.3) is 18.7 Å². The van der Waals surface area contributed by atoms with Gasteiger partial charge in [-0.1, -0.05) is 56.0 Å². The molecule has 2 aromatic rings. The van der Waals surface area contributed by atoms with Crippen molar-refractivity contribution in [3.63, 3.8) is 0 Å². The maximum absolute atomic E-state index is 12.9. The number of hydrogen-bond donors (Lipinski definition) is 2. The number of esters is 1. The van der Waals surface area contributed by atoms with Crippen LogP contribution in [0.2, 0.25) is 0 Å². The number of nitrogens with one attached hydrogen (secondary N) is 1. The van der Waals surface area contributed by atoms with Crippen LogP contribution in [0.5, 0.6) is 0 Å². The maximum atomic E-state index is 12.9. The van der Waals surface area contributed by atoms with Gasteiger partial charge in [0.1, 0.15) is 23.7 Å². The normalized spacial score (nSPS) is 19.2. The predicted molar refractivity (Wildman–Crippen MR) is 152 cm³/mol.